The standard InChI is InChI=1S/C29H48O/c1-19(2)20(3)8-7-9-21(4)25-12-13-26-24-11-10-22-18-23(30)14-16-28(22,5)27(24)15-17-29(25,26)6/h10,19,21,23-27,30H,3,7-9,11-18H2,1-2,4-6H3/t21-,23+,24+,25-,26+,27+,28+,29-/m1/s1. The van der Waals surface area contributed by atoms with Crippen LogP contribution in [0.1, 0.15) is 105 Å². The van der Waals surface area contributed by atoms with Crippen LogP contribution in [0.2, 0.25) is 0 Å². The van der Waals surface area contributed by atoms with Gasteiger partial charge in [0.1, 0.15) is 0 Å². The minimum absolute atomic E-state index is 0.0850. The summed E-state index contributed by atoms with van der Waals surface area (Å²) in [6, 6.07) is 0. The normalized spacial score (nSPS) is 44.1. The maximum atomic E-state index is 10.2. The van der Waals surface area contributed by atoms with Gasteiger partial charge in [0.2, 0.25) is 0 Å². The molecule has 0 unspecified atom stereocenters. The summed E-state index contributed by atoms with van der Waals surface area (Å²) in [7, 11) is 0. The zero-order valence-corrected chi connectivity index (χ0v) is 20.6. The smallest absolute Gasteiger partial charge is 0.0577 e. The van der Waals surface area contributed by atoms with E-state index in [4.69, 9.17) is 0 Å². The van der Waals surface area contributed by atoms with Crippen LogP contribution in [-0.2, 0) is 0 Å². The van der Waals surface area contributed by atoms with E-state index in [0.717, 1.165) is 42.4 Å². The quantitative estimate of drug-likeness (QED) is 0.439. The SMILES string of the molecule is C=C(CCC[C@@H](C)[C@H]1CC[C@H]2[C@@H]3CC=C4C[C@@H](O)CC[C@]4(C)[C@H]3CC[C@]12C)C(C)C. The summed E-state index contributed by atoms with van der Waals surface area (Å²) in [6.45, 7) is 16.7. The first-order valence-corrected chi connectivity index (χ1v) is 13.2. The Morgan fingerprint density at radius 1 is 1.10 bits per heavy atom. The molecule has 0 aliphatic heterocycles. The predicted molar refractivity (Wildman–Crippen MR) is 128 cm³/mol. The van der Waals surface area contributed by atoms with Gasteiger partial charge < -0.3 is 5.11 Å². The lowest BCUT2D eigenvalue weighted by molar-refractivity contribution is -0.0572. The Kier molecular flexibility index (Phi) is 6.35. The van der Waals surface area contributed by atoms with E-state index in [1.165, 1.54) is 63.4 Å². The number of aliphatic hydroxyl groups is 1. The molecule has 3 saturated carbocycles. The highest BCUT2D eigenvalue weighted by Gasteiger charge is 2.59. The molecule has 0 aromatic carbocycles. The molecule has 4 rings (SSSR count). The topological polar surface area (TPSA) is 20.2 Å². The molecule has 0 heterocycles. The van der Waals surface area contributed by atoms with Crippen molar-refractivity contribution in [1.29, 1.82) is 0 Å². The highest BCUT2D eigenvalue weighted by atomic mass is 16.3. The molecular weight excluding hydrogens is 364 g/mol. The van der Waals surface area contributed by atoms with Crippen molar-refractivity contribution in [3.05, 3.63) is 23.8 Å². The monoisotopic (exact) mass is 412 g/mol. The number of aliphatic hydroxyl groups excluding tert-OH is 1. The van der Waals surface area contributed by atoms with E-state index >= 15 is 0 Å². The summed E-state index contributed by atoms with van der Waals surface area (Å²) < 4.78 is 0. The van der Waals surface area contributed by atoms with Gasteiger partial charge >= 0.3 is 0 Å². The third kappa shape index (κ3) is 3.76. The van der Waals surface area contributed by atoms with Crippen molar-refractivity contribution in [1.82, 2.24) is 0 Å². The zero-order chi connectivity index (χ0) is 21.7. The molecule has 1 nitrogen and oxygen atoms in total. The fourth-order valence-corrected chi connectivity index (χ4v) is 8.76. The van der Waals surface area contributed by atoms with Gasteiger partial charge in [-0.25, -0.2) is 0 Å². The van der Waals surface area contributed by atoms with Gasteiger partial charge in [-0.15, -0.1) is 0 Å². The number of hydrogen-bond acceptors (Lipinski definition) is 1. The van der Waals surface area contributed by atoms with E-state index in [9.17, 15) is 5.11 Å². The largest absolute Gasteiger partial charge is 0.393 e. The van der Waals surface area contributed by atoms with Crippen LogP contribution in [0.4, 0.5) is 0 Å². The molecule has 0 amide bonds. The minimum Gasteiger partial charge on any atom is -0.393 e. The molecule has 8 atom stereocenters. The van der Waals surface area contributed by atoms with Crippen LogP contribution < -0.4 is 0 Å². The number of allylic oxidation sites excluding steroid dienone is 2. The molecule has 1 N–H and O–H groups in total. The van der Waals surface area contributed by atoms with E-state index in [1.54, 1.807) is 5.57 Å². The van der Waals surface area contributed by atoms with Crippen LogP contribution in [0.15, 0.2) is 23.8 Å². The van der Waals surface area contributed by atoms with E-state index in [0.29, 0.717) is 16.7 Å². The van der Waals surface area contributed by atoms with E-state index < -0.39 is 0 Å². The van der Waals surface area contributed by atoms with Crippen molar-refractivity contribution in [3.8, 4) is 0 Å². The summed E-state index contributed by atoms with van der Waals surface area (Å²) in [5.41, 5.74) is 3.99. The van der Waals surface area contributed by atoms with Crippen LogP contribution in [0.25, 0.3) is 0 Å². The average Bonchev–Trinajstić information content (AvgIpc) is 3.05. The molecular formula is C29H48O. The van der Waals surface area contributed by atoms with Gasteiger partial charge in [-0.1, -0.05) is 64.8 Å². The van der Waals surface area contributed by atoms with Crippen LogP contribution in [-0.4, -0.2) is 11.2 Å². The van der Waals surface area contributed by atoms with Crippen molar-refractivity contribution in [3.63, 3.8) is 0 Å². The highest BCUT2D eigenvalue weighted by Crippen LogP contribution is 2.67. The summed E-state index contributed by atoms with van der Waals surface area (Å²) in [6.07, 6.45) is 16.7. The lowest BCUT2D eigenvalue weighted by atomic mass is 9.47. The van der Waals surface area contributed by atoms with Crippen LogP contribution in [0.5, 0.6) is 0 Å². The second kappa shape index (κ2) is 8.42. The summed E-state index contributed by atoms with van der Waals surface area (Å²) in [5, 5.41) is 10.2. The lowest BCUT2D eigenvalue weighted by Crippen LogP contribution is -2.50. The molecule has 0 spiro atoms. The Hall–Kier alpha value is -0.560. The second-order valence-corrected chi connectivity index (χ2v) is 12.6. The van der Waals surface area contributed by atoms with Gasteiger partial charge in [0.05, 0.1) is 6.10 Å². The number of fused-ring (bicyclic) bond motifs is 5. The van der Waals surface area contributed by atoms with E-state index in [-0.39, 0.29) is 6.10 Å². The fourth-order valence-electron chi connectivity index (χ4n) is 8.76. The van der Waals surface area contributed by atoms with Crippen LogP contribution in [0, 0.1) is 46.3 Å². The molecule has 1 heteroatoms. The molecule has 0 saturated heterocycles. The first-order chi connectivity index (χ1) is 14.2. The third-order valence-corrected chi connectivity index (χ3v) is 10.8. The Morgan fingerprint density at radius 2 is 1.87 bits per heavy atom. The van der Waals surface area contributed by atoms with Crippen LogP contribution >= 0.6 is 0 Å². The Bertz CT molecular complexity index is 674. The summed E-state index contributed by atoms with van der Waals surface area (Å²) in [5.74, 6) is 5.09. The first kappa shape index (κ1) is 22.6. The van der Waals surface area contributed by atoms with Crippen LogP contribution in [0.3, 0.4) is 0 Å². The minimum atomic E-state index is -0.0850. The van der Waals surface area contributed by atoms with E-state index in [1.807, 2.05) is 0 Å². The molecule has 0 aromatic heterocycles. The van der Waals surface area contributed by atoms with Crippen molar-refractivity contribution in [2.45, 2.75) is 111 Å². The van der Waals surface area contributed by atoms with Crippen molar-refractivity contribution >= 4 is 0 Å². The number of hydrogen-bond donors (Lipinski definition) is 1. The molecule has 0 radical (unpaired) electrons. The molecule has 4 aliphatic rings. The Morgan fingerprint density at radius 3 is 2.60 bits per heavy atom. The maximum Gasteiger partial charge on any atom is 0.0577 e. The second-order valence-electron chi connectivity index (χ2n) is 12.6. The average molecular weight is 413 g/mol. The van der Waals surface area contributed by atoms with Gasteiger partial charge in [-0.05, 0) is 111 Å². The van der Waals surface area contributed by atoms with E-state index in [2.05, 4.69) is 47.3 Å². The van der Waals surface area contributed by atoms with Gasteiger partial charge in [-0.2, -0.15) is 0 Å². The van der Waals surface area contributed by atoms with Gasteiger partial charge in [0.15, 0.2) is 0 Å². The maximum absolute atomic E-state index is 10.2. The molecule has 170 valence electrons. The first-order valence-electron chi connectivity index (χ1n) is 13.2. The van der Waals surface area contributed by atoms with Crippen molar-refractivity contribution < 1.29 is 5.11 Å². The molecule has 30 heavy (non-hydrogen) atoms. The lowest BCUT2D eigenvalue weighted by Gasteiger charge is -2.58. The predicted octanol–water partition coefficient (Wildman–Crippen LogP) is 7.94. The summed E-state index contributed by atoms with van der Waals surface area (Å²) in [4.78, 5) is 0. The fraction of sp³-hybridized carbons (Fsp3) is 0.862. The number of rotatable bonds is 6. The Balaban J connectivity index is 1.44. The Labute approximate surface area is 186 Å². The van der Waals surface area contributed by atoms with Gasteiger partial charge in [-0.3, -0.25) is 0 Å². The molecule has 3 fully saturated rings. The highest BCUT2D eigenvalue weighted by molar-refractivity contribution is 5.25. The molecule has 4 aliphatic carbocycles. The molecule has 0 bridgehead atoms. The van der Waals surface area contributed by atoms with Crippen molar-refractivity contribution in [2.24, 2.45) is 46.3 Å². The molecule has 0 aromatic rings. The third-order valence-electron chi connectivity index (χ3n) is 10.8. The van der Waals surface area contributed by atoms with Crippen molar-refractivity contribution in [2.75, 3.05) is 0 Å². The summed E-state index contributed by atoms with van der Waals surface area (Å²) >= 11 is 0. The van der Waals surface area contributed by atoms with Gasteiger partial charge in [0.25, 0.3) is 0 Å². The zero-order valence-electron chi connectivity index (χ0n) is 20.6. The van der Waals surface area contributed by atoms with Gasteiger partial charge in [0, 0.05) is 0 Å².